The van der Waals surface area contributed by atoms with E-state index in [0.717, 1.165) is 12.0 Å². The van der Waals surface area contributed by atoms with Gasteiger partial charge in [0.1, 0.15) is 25.8 Å². The number of rotatable bonds is 5. The van der Waals surface area contributed by atoms with Gasteiger partial charge in [0.05, 0.1) is 12.6 Å². The van der Waals surface area contributed by atoms with E-state index in [1.54, 1.807) is 42.7 Å². The zero-order chi connectivity index (χ0) is 22.8. The van der Waals surface area contributed by atoms with E-state index >= 15 is 0 Å². The SMILES string of the molecule is O=C(CN1C(=O)N(Cc2ccncc2)C(=O)C2NCCCC21)Nc1ccc2c(c1)OCCO2. The topological polar surface area (TPSA) is 113 Å². The van der Waals surface area contributed by atoms with Gasteiger partial charge < -0.3 is 25.0 Å². The van der Waals surface area contributed by atoms with Crippen molar-refractivity contribution in [2.45, 2.75) is 31.5 Å². The zero-order valence-corrected chi connectivity index (χ0v) is 18.0. The number of fused-ring (bicyclic) bond motifs is 2. The summed E-state index contributed by atoms with van der Waals surface area (Å²) in [4.78, 5) is 46.1. The van der Waals surface area contributed by atoms with Crippen molar-refractivity contribution >= 4 is 23.5 Å². The first-order valence-corrected chi connectivity index (χ1v) is 11.0. The molecule has 2 atom stereocenters. The fourth-order valence-corrected chi connectivity index (χ4v) is 4.50. The predicted molar refractivity (Wildman–Crippen MR) is 118 cm³/mol. The van der Waals surface area contributed by atoms with Gasteiger partial charge in [0, 0.05) is 24.1 Å². The first-order valence-electron chi connectivity index (χ1n) is 11.0. The molecular formula is C23H25N5O5. The third-order valence-electron chi connectivity index (χ3n) is 6.06. The average Bonchev–Trinajstić information content (AvgIpc) is 2.85. The molecule has 4 amide bonds. The van der Waals surface area contributed by atoms with Gasteiger partial charge in [-0.05, 0) is 49.2 Å². The Morgan fingerprint density at radius 3 is 2.73 bits per heavy atom. The molecule has 0 spiro atoms. The highest BCUT2D eigenvalue weighted by Crippen LogP contribution is 2.32. The second kappa shape index (κ2) is 9.07. The number of ether oxygens (including phenoxy) is 2. The Labute approximate surface area is 190 Å². The number of benzene rings is 1. The van der Waals surface area contributed by atoms with Crippen LogP contribution in [0.3, 0.4) is 0 Å². The molecule has 3 aliphatic rings. The minimum atomic E-state index is -0.527. The third-order valence-corrected chi connectivity index (χ3v) is 6.06. The number of hydrogen-bond donors (Lipinski definition) is 2. The van der Waals surface area contributed by atoms with Crippen LogP contribution in [0.25, 0.3) is 0 Å². The van der Waals surface area contributed by atoms with Gasteiger partial charge in [-0.1, -0.05) is 0 Å². The number of piperidine rings is 1. The normalized spacial score (nSPS) is 22.1. The molecule has 1 aromatic carbocycles. The van der Waals surface area contributed by atoms with Crippen LogP contribution in [0.1, 0.15) is 18.4 Å². The summed E-state index contributed by atoms with van der Waals surface area (Å²) >= 11 is 0. The molecule has 0 saturated carbocycles. The smallest absolute Gasteiger partial charge is 0.327 e. The minimum Gasteiger partial charge on any atom is -0.486 e. The number of anilines is 1. The van der Waals surface area contributed by atoms with Crippen LogP contribution in [0, 0.1) is 0 Å². The van der Waals surface area contributed by atoms with Gasteiger partial charge in [-0.25, -0.2) is 4.79 Å². The number of nitrogens with zero attached hydrogens (tertiary/aromatic N) is 3. The van der Waals surface area contributed by atoms with Crippen molar-refractivity contribution in [3.8, 4) is 11.5 Å². The number of aromatic nitrogens is 1. The summed E-state index contributed by atoms with van der Waals surface area (Å²) in [6.45, 7) is 1.61. The summed E-state index contributed by atoms with van der Waals surface area (Å²) < 4.78 is 11.1. The van der Waals surface area contributed by atoms with E-state index in [1.165, 1.54) is 9.80 Å². The standard InChI is InChI=1S/C23H25N5O5/c29-20(26-16-3-4-18-19(12-16)33-11-10-32-18)14-27-17-2-1-7-25-21(17)22(30)28(23(27)31)13-15-5-8-24-9-6-15/h3-6,8-9,12,17,21,25H,1-2,7,10-11,13-14H2,(H,26,29). The molecular weight excluding hydrogens is 426 g/mol. The molecule has 2 unspecified atom stereocenters. The van der Waals surface area contributed by atoms with E-state index in [0.29, 0.717) is 43.4 Å². The second-order valence-electron chi connectivity index (χ2n) is 8.24. The number of carbonyl (C=O) groups excluding carboxylic acids is 3. The quantitative estimate of drug-likeness (QED) is 0.706. The lowest BCUT2D eigenvalue weighted by molar-refractivity contribution is -0.138. The number of carbonyl (C=O) groups is 3. The van der Waals surface area contributed by atoms with Crippen molar-refractivity contribution in [2.75, 3.05) is 31.6 Å². The van der Waals surface area contributed by atoms with Crippen molar-refractivity contribution in [1.82, 2.24) is 20.1 Å². The highest BCUT2D eigenvalue weighted by Gasteiger charge is 2.47. The molecule has 4 heterocycles. The zero-order valence-electron chi connectivity index (χ0n) is 18.0. The Kier molecular flexibility index (Phi) is 5.82. The van der Waals surface area contributed by atoms with Crippen LogP contribution >= 0.6 is 0 Å². The predicted octanol–water partition coefficient (Wildman–Crippen LogP) is 1.38. The van der Waals surface area contributed by atoms with Crippen LogP contribution in [0.4, 0.5) is 10.5 Å². The number of hydrogen-bond acceptors (Lipinski definition) is 7. The monoisotopic (exact) mass is 451 g/mol. The minimum absolute atomic E-state index is 0.130. The number of pyridine rings is 1. The molecule has 10 nitrogen and oxygen atoms in total. The summed E-state index contributed by atoms with van der Waals surface area (Å²) in [6, 6.07) is 7.35. The maximum Gasteiger partial charge on any atom is 0.327 e. The van der Waals surface area contributed by atoms with Gasteiger partial charge in [-0.3, -0.25) is 19.5 Å². The van der Waals surface area contributed by atoms with Gasteiger partial charge in [-0.2, -0.15) is 0 Å². The van der Waals surface area contributed by atoms with Crippen molar-refractivity contribution in [2.24, 2.45) is 0 Å². The molecule has 1 aromatic heterocycles. The second-order valence-corrected chi connectivity index (χ2v) is 8.24. The fourth-order valence-electron chi connectivity index (χ4n) is 4.50. The first-order chi connectivity index (χ1) is 16.1. The molecule has 0 bridgehead atoms. The van der Waals surface area contributed by atoms with Gasteiger partial charge in [-0.15, -0.1) is 0 Å². The lowest BCUT2D eigenvalue weighted by atomic mass is 9.93. The first kappa shape index (κ1) is 21.2. The van der Waals surface area contributed by atoms with Crippen LogP contribution in [0.2, 0.25) is 0 Å². The highest BCUT2D eigenvalue weighted by molar-refractivity contribution is 6.03. The Hall–Kier alpha value is -3.66. The summed E-state index contributed by atoms with van der Waals surface area (Å²) in [7, 11) is 0. The largest absolute Gasteiger partial charge is 0.486 e. The van der Waals surface area contributed by atoms with Crippen LogP contribution in [0.5, 0.6) is 11.5 Å². The molecule has 3 aliphatic heterocycles. The summed E-state index contributed by atoms with van der Waals surface area (Å²) in [5.74, 6) is 0.596. The molecule has 2 fully saturated rings. The van der Waals surface area contributed by atoms with E-state index in [9.17, 15) is 14.4 Å². The molecule has 33 heavy (non-hydrogen) atoms. The molecule has 0 aliphatic carbocycles. The Morgan fingerprint density at radius 2 is 1.91 bits per heavy atom. The Balaban J connectivity index is 1.33. The summed E-state index contributed by atoms with van der Waals surface area (Å²) in [5.41, 5.74) is 1.35. The van der Waals surface area contributed by atoms with Crippen molar-refractivity contribution in [3.05, 3.63) is 48.3 Å². The van der Waals surface area contributed by atoms with Gasteiger partial charge >= 0.3 is 6.03 Å². The molecule has 0 radical (unpaired) electrons. The van der Waals surface area contributed by atoms with Crippen molar-refractivity contribution in [3.63, 3.8) is 0 Å². The van der Waals surface area contributed by atoms with Gasteiger partial charge in [0.2, 0.25) is 11.8 Å². The number of urea groups is 1. The fraction of sp³-hybridized carbons (Fsp3) is 0.391. The van der Waals surface area contributed by atoms with E-state index in [1.807, 2.05) is 0 Å². The average molecular weight is 451 g/mol. The van der Waals surface area contributed by atoms with E-state index in [-0.39, 0.29) is 30.9 Å². The van der Waals surface area contributed by atoms with Gasteiger partial charge in [0.25, 0.3) is 0 Å². The lowest BCUT2D eigenvalue weighted by Crippen LogP contribution is -2.70. The Bertz CT molecular complexity index is 1060. The molecule has 2 saturated heterocycles. The molecule has 2 N–H and O–H groups in total. The molecule has 5 rings (SSSR count). The van der Waals surface area contributed by atoms with Crippen molar-refractivity contribution < 1.29 is 23.9 Å². The van der Waals surface area contributed by atoms with Crippen LogP contribution in [0.15, 0.2) is 42.7 Å². The highest BCUT2D eigenvalue weighted by atomic mass is 16.6. The maximum atomic E-state index is 13.3. The van der Waals surface area contributed by atoms with Crippen molar-refractivity contribution in [1.29, 1.82) is 0 Å². The van der Waals surface area contributed by atoms with E-state index < -0.39 is 12.1 Å². The third kappa shape index (κ3) is 4.34. The van der Waals surface area contributed by atoms with E-state index in [4.69, 9.17) is 9.47 Å². The van der Waals surface area contributed by atoms with Crippen LogP contribution in [-0.4, -0.2) is 71.0 Å². The van der Waals surface area contributed by atoms with E-state index in [2.05, 4.69) is 15.6 Å². The Morgan fingerprint density at radius 1 is 1.12 bits per heavy atom. The number of amides is 4. The summed E-state index contributed by atoms with van der Waals surface area (Å²) in [5, 5.41) is 6.07. The summed E-state index contributed by atoms with van der Waals surface area (Å²) in [6.07, 6.45) is 4.73. The maximum absolute atomic E-state index is 13.3. The lowest BCUT2D eigenvalue weighted by Gasteiger charge is -2.46. The molecule has 2 aromatic rings. The van der Waals surface area contributed by atoms with Gasteiger partial charge in [0.15, 0.2) is 11.5 Å². The molecule has 10 heteroatoms. The van der Waals surface area contributed by atoms with Crippen LogP contribution < -0.4 is 20.1 Å². The van der Waals surface area contributed by atoms with Crippen LogP contribution in [-0.2, 0) is 16.1 Å². The number of nitrogens with one attached hydrogen (secondary N) is 2. The number of imide groups is 1. The molecule has 172 valence electrons.